The molecule has 108 valence electrons. The van der Waals surface area contributed by atoms with Crippen molar-refractivity contribution in [3.63, 3.8) is 0 Å². The van der Waals surface area contributed by atoms with Gasteiger partial charge in [-0.3, -0.25) is 10.9 Å². The van der Waals surface area contributed by atoms with Gasteiger partial charge in [0.25, 0.3) is 0 Å². The molecule has 0 aromatic rings. The average molecular weight is 302 g/mol. The molecule has 18 heavy (non-hydrogen) atoms. The van der Waals surface area contributed by atoms with Gasteiger partial charge < -0.3 is 0 Å². The van der Waals surface area contributed by atoms with Crippen LogP contribution in [0.3, 0.4) is 0 Å². The minimum atomic E-state index is -3.59. The molecule has 0 rings (SSSR count). The molecule has 0 bridgehead atoms. The Kier molecular flexibility index (Phi) is 7.13. The Morgan fingerprint density at radius 2 is 1.17 bits per heavy atom. The van der Waals surface area contributed by atoms with Gasteiger partial charge in [-0.25, -0.2) is 21.6 Å². The van der Waals surface area contributed by atoms with Crippen LogP contribution in [0.4, 0.5) is 4.79 Å². The Labute approximate surface area is 107 Å². The first kappa shape index (κ1) is 17.1. The quantitative estimate of drug-likeness (QED) is 0.417. The first-order chi connectivity index (χ1) is 8.22. The van der Waals surface area contributed by atoms with Crippen molar-refractivity contribution < 1.29 is 21.6 Å². The first-order valence-corrected chi connectivity index (χ1v) is 8.58. The van der Waals surface area contributed by atoms with Crippen LogP contribution >= 0.6 is 0 Å². The van der Waals surface area contributed by atoms with E-state index >= 15 is 0 Å². The number of rotatable bonds is 8. The third kappa shape index (κ3) is 8.22. The van der Waals surface area contributed by atoms with Gasteiger partial charge in [0.2, 0.25) is 20.0 Å². The Morgan fingerprint density at radius 1 is 0.833 bits per heavy atom. The number of nitrogens with one attached hydrogen (secondary N) is 4. The third-order valence-electron chi connectivity index (χ3n) is 1.59. The summed E-state index contributed by atoms with van der Waals surface area (Å²) in [6, 6.07) is -1.02. The van der Waals surface area contributed by atoms with Crippen LogP contribution in [-0.2, 0) is 20.0 Å². The van der Waals surface area contributed by atoms with Crippen LogP contribution in [0.1, 0.15) is 26.7 Å². The van der Waals surface area contributed by atoms with Crippen LogP contribution in [0.2, 0.25) is 0 Å². The molecule has 0 aliphatic heterocycles. The summed E-state index contributed by atoms with van der Waals surface area (Å²) < 4.78 is 44.6. The molecule has 9 nitrogen and oxygen atoms in total. The number of hydrogen-bond donors (Lipinski definition) is 4. The highest BCUT2D eigenvalue weighted by molar-refractivity contribution is 7.89. The van der Waals surface area contributed by atoms with Crippen LogP contribution in [0.15, 0.2) is 0 Å². The van der Waals surface area contributed by atoms with Crippen molar-refractivity contribution in [2.24, 2.45) is 0 Å². The van der Waals surface area contributed by atoms with Gasteiger partial charge in [0.15, 0.2) is 0 Å². The zero-order valence-electron chi connectivity index (χ0n) is 10.2. The van der Waals surface area contributed by atoms with Gasteiger partial charge >= 0.3 is 6.03 Å². The number of amides is 2. The molecule has 0 atom stereocenters. The summed E-state index contributed by atoms with van der Waals surface area (Å²) in [5.74, 6) is -0.288. The molecular weight excluding hydrogens is 284 g/mol. The van der Waals surface area contributed by atoms with E-state index in [0.717, 1.165) is 0 Å². The highest BCUT2D eigenvalue weighted by atomic mass is 32.2. The normalized spacial score (nSPS) is 12.1. The predicted octanol–water partition coefficient (Wildman–Crippen LogP) is -1.23. The van der Waals surface area contributed by atoms with E-state index in [9.17, 15) is 21.6 Å². The van der Waals surface area contributed by atoms with Crippen LogP contribution in [-0.4, -0.2) is 34.4 Å². The van der Waals surface area contributed by atoms with Crippen LogP contribution < -0.4 is 20.5 Å². The van der Waals surface area contributed by atoms with Crippen molar-refractivity contribution in [2.75, 3.05) is 11.5 Å². The molecule has 2 amide bonds. The summed E-state index contributed by atoms with van der Waals surface area (Å²) in [5, 5.41) is 0. The van der Waals surface area contributed by atoms with Crippen molar-refractivity contribution in [3.05, 3.63) is 0 Å². The van der Waals surface area contributed by atoms with E-state index in [-0.39, 0.29) is 11.5 Å². The lowest BCUT2D eigenvalue weighted by molar-refractivity contribution is 0.237. The Hall–Kier alpha value is -0.910. The standard InChI is InChI=1S/C7H18N4O5S2/c1-3-5-17(13,14)10-8-7(12)9-11-18(15,16)6-4-2/h10-11H,3-6H2,1-2H3,(H2,8,9,12). The van der Waals surface area contributed by atoms with Crippen molar-refractivity contribution in [1.82, 2.24) is 20.5 Å². The van der Waals surface area contributed by atoms with Crippen LogP contribution in [0, 0.1) is 0 Å². The van der Waals surface area contributed by atoms with E-state index in [4.69, 9.17) is 0 Å². The molecule has 0 saturated carbocycles. The van der Waals surface area contributed by atoms with Crippen LogP contribution in [0.5, 0.6) is 0 Å². The second kappa shape index (κ2) is 7.51. The largest absolute Gasteiger partial charge is 0.345 e. The fraction of sp³-hybridized carbons (Fsp3) is 0.857. The predicted molar refractivity (Wildman–Crippen MR) is 66.1 cm³/mol. The van der Waals surface area contributed by atoms with Gasteiger partial charge in [0.1, 0.15) is 0 Å². The molecule has 0 saturated heterocycles. The maximum atomic E-state index is 11.1. The monoisotopic (exact) mass is 302 g/mol. The van der Waals surface area contributed by atoms with Crippen molar-refractivity contribution in [3.8, 4) is 0 Å². The number of hydrazine groups is 2. The zero-order valence-corrected chi connectivity index (χ0v) is 11.8. The number of carbonyl (C=O) groups is 1. The number of urea groups is 1. The highest BCUT2D eigenvalue weighted by Gasteiger charge is 2.12. The van der Waals surface area contributed by atoms with Gasteiger partial charge in [-0.15, -0.1) is 9.66 Å². The van der Waals surface area contributed by atoms with E-state index in [1.807, 2.05) is 10.9 Å². The lowest BCUT2D eigenvalue weighted by Gasteiger charge is -2.10. The highest BCUT2D eigenvalue weighted by Crippen LogP contribution is 1.86. The summed E-state index contributed by atoms with van der Waals surface area (Å²) in [6.45, 7) is 3.33. The Balaban J connectivity index is 4.07. The summed E-state index contributed by atoms with van der Waals surface area (Å²) in [6.07, 6.45) is 0.781. The van der Waals surface area contributed by atoms with Crippen LogP contribution in [0.25, 0.3) is 0 Å². The SMILES string of the molecule is CCCS(=O)(=O)NNC(=O)NNS(=O)(=O)CCC. The molecule has 0 aromatic carbocycles. The van der Waals surface area contributed by atoms with Gasteiger partial charge in [-0.2, -0.15) is 0 Å². The van der Waals surface area contributed by atoms with Crippen molar-refractivity contribution in [2.45, 2.75) is 26.7 Å². The van der Waals surface area contributed by atoms with E-state index < -0.39 is 26.1 Å². The number of sulfonamides is 2. The average Bonchev–Trinajstić information content (AvgIpc) is 2.24. The second-order valence-corrected chi connectivity index (χ2v) is 7.10. The lowest BCUT2D eigenvalue weighted by atomic mass is 10.6. The zero-order chi connectivity index (χ0) is 14.2. The minimum absolute atomic E-state index is 0.144. The summed E-state index contributed by atoms with van der Waals surface area (Å²) in [7, 11) is -7.18. The summed E-state index contributed by atoms with van der Waals surface area (Å²) in [5.41, 5.74) is 3.61. The summed E-state index contributed by atoms with van der Waals surface area (Å²) >= 11 is 0. The third-order valence-corrected chi connectivity index (χ3v) is 4.30. The number of carbonyl (C=O) groups excluding carboxylic acids is 1. The maximum absolute atomic E-state index is 11.1. The van der Waals surface area contributed by atoms with Gasteiger partial charge in [-0.1, -0.05) is 13.8 Å². The fourth-order valence-electron chi connectivity index (χ4n) is 0.919. The smallest absolute Gasteiger partial charge is 0.258 e. The molecule has 0 fully saturated rings. The topological polar surface area (TPSA) is 133 Å². The molecule has 0 heterocycles. The summed E-state index contributed by atoms with van der Waals surface area (Å²) in [4.78, 5) is 14.7. The molecule has 11 heteroatoms. The van der Waals surface area contributed by atoms with Crippen molar-refractivity contribution in [1.29, 1.82) is 0 Å². The molecule has 0 aliphatic carbocycles. The van der Waals surface area contributed by atoms with E-state index in [1.165, 1.54) is 0 Å². The molecule has 0 radical (unpaired) electrons. The molecule has 0 aromatic heterocycles. The minimum Gasteiger partial charge on any atom is -0.258 e. The number of hydrogen-bond acceptors (Lipinski definition) is 5. The Bertz CT molecular complexity index is 416. The van der Waals surface area contributed by atoms with E-state index in [1.54, 1.807) is 23.5 Å². The molecule has 0 aliphatic rings. The van der Waals surface area contributed by atoms with E-state index in [0.29, 0.717) is 12.8 Å². The maximum Gasteiger partial charge on any atom is 0.345 e. The Morgan fingerprint density at radius 3 is 1.44 bits per heavy atom. The van der Waals surface area contributed by atoms with Gasteiger partial charge in [0, 0.05) is 0 Å². The second-order valence-electron chi connectivity index (χ2n) is 3.42. The van der Waals surface area contributed by atoms with Gasteiger partial charge in [0.05, 0.1) is 11.5 Å². The first-order valence-electron chi connectivity index (χ1n) is 5.27. The molecule has 4 N–H and O–H groups in total. The van der Waals surface area contributed by atoms with Gasteiger partial charge in [-0.05, 0) is 12.8 Å². The molecule has 0 unspecified atom stereocenters. The van der Waals surface area contributed by atoms with E-state index in [2.05, 4.69) is 0 Å². The fourth-order valence-corrected chi connectivity index (χ4v) is 2.69. The van der Waals surface area contributed by atoms with Crippen molar-refractivity contribution >= 4 is 26.1 Å². The lowest BCUT2D eigenvalue weighted by Crippen LogP contribution is -2.53. The molecule has 0 spiro atoms. The molecular formula is C7H18N4O5S2.